The van der Waals surface area contributed by atoms with E-state index in [1.807, 2.05) is 44.2 Å². The summed E-state index contributed by atoms with van der Waals surface area (Å²) in [6.07, 6.45) is 0.159. The summed E-state index contributed by atoms with van der Waals surface area (Å²) in [5.41, 5.74) is 2.26. The molecule has 6 heteroatoms. The van der Waals surface area contributed by atoms with Crippen LogP contribution in [0.2, 0.25) is 5.02 Å². The summed E-state index contributed by atoms with van der Waals surface area (Å²) in [4.78, 5) is 26.0. The van der Waals surface area contributed by atoms with Crippen LogP contribution in [0.5, 0.6) is 5.75 Å². The van der Waals surface area contributed by atoms with Crippen LogP contribution in [0.4, 0.5) is 11.4 Å². The SMILES string of the molecule is CCOc1ccccc1N(CCC(=O)Nc1cc(Cl)ccc1C)C(C)=O. The van der Waals surface area contributed by atoms with Crippen molar-refractivity contribution in [1.82, 2.24) is 0 Å². The third-order valence-corrected chi connectivity index (χ3v) is 4.11. The molecule has 0 bridgehead atoms. The molecular weight excluding hydrogens is 352 g/mol. The Labute approximate surface area is 158 Å². The van der Waals surface area contributed by atoms with Gasteiger partial charge in [0.1, 0.15) is 5.75 Å². The Kier molecular flexibility index (Phi) is 7.04. The molecule has 0 aliphatic carbocycles. The van der Waals surface area contributed by atoms with E-state index in [9.17, 15) is 9.59 Å². The maximum Gasteiger partial charge on any atom is 0.226 e. The van der Waals surface area contributed by atoms with Crippen molar-refractivity contribution < 1.29 is 14.3 Å². The fourth-order valence-electron chi connectivity index (χ4n) is 2.56. The Bertz CT molecular complexity index is 792. The van der Waals surface area contributed by atoms with Crippen LogP contribution in [-0.2, 0) is 9.59 Å². The Morgan fingerprint density at radius 1 is 1.19 bits per heavy atom. The molecule has 0 aliphatic rings. The molecule has 5 nitrogen and oxygen atoms in total. The van der Waals surface area contributed by atoms with Crippen LogP contribution >= 0.6 is 11.6 Å². The van der Waals surface area contributed by atoms with Crippen molar-refractivity contribution in [1.29, 1.82) is 0 Å². The van der Waals surface area contributed by atoms with E-state index < -0.39 is 0 Å². The van der Waals surface area contributed by atoms with Crippen LogP contribution in [0, 0.1) is 6.92 Å². The number of anilines is 2. The molecule has 0 radical (unpaired) electrons. The zero-order valence-electron chi connectivity index (χ0n) is 15.2. The van der Waals surface area contributed by atoms with Crippen LogP contribution in [-0.4, -0.2) is 25.0 Å². The topological polar surface area (TPSA) is 58.6 Å². The molecular formula is C20H23ClN2O3. The number of nitrogens with one attached hydrogen (secondary N) is 1. The van der Waals surface area contributed by atoms with Crippen molar-refractivity contribution in [2.75, 3.05) is 23.4 Å². The van der Waals surface area contributed by atoms with E-state index in [0.717, 1.165) is 5.56 Å². The Hall–Kier alpha value is -2.53. The molecule has 0 saturated carbocycles. The Morgan fingerprint density at radius 3 is 2.62 bits per heavy atom. The number of amides is 2. The Balaban J connectivity index is 2.08. The van der Waals surface area contributed by atoms with Gasteiger partial charge in [-0.3, -0.25) is 9.59 Å². The molecule has 2 rings (SSSR count). The fraction of sp³-hybridized carbons (Fsp3) is 0.300. The lowest BCUT2D eigenvalue weighted by atomic mass is 10.2. The average molecular weight is 375 g/mol. The van der Waals surface area contributed by atoms with Crippen LogP contribution in [0.25, 0.3) is 0 Å². The number of aryl methyl sites for hydroxylation is 1. The summed E-state index contributed by atoms with van der Waals surface area (Å²) >= 11 is 5.98. The molecule has 0 heterocycles. The van der Waals surface area contributed by atoms with Crippen LogP contribution in [0.15, 0.2) is 42.5 Å². The first-order valence-corrected chi connectivity index (χ1v) is 8.86. The minimum absolute atomic E-state index is 0.149. The van der Waals surface area contributed by atoms with Gasteiger partial charge in [0.15, 0.2) is 0 Å². The van der Waals surface area contributed by atoms with Gasteiger partial charge in [0.2, 0.25) is 11.8 Å². The zero-order valence-corrected chi connectivity index (χ0v) is 16.0. The molecule has 0 saturated heterocycles. The van der Waals surface area contributed by atoms with E-state index in [4.69, 9.17) is 16.3 Å². The van der Waals surface area contributed by atoms with Gasteiger partial charge in [0.25, 0.3) is 0 Å². The van der Waals surface area contributed by atoms with Crippen LogP contribution in [0.3, 0.4) is 0 Å². The van der Waals surface area contributed by atoms with E-state index in [0.29, 0.717) is 28.8 Å². The Morgan fingerprint density at radius 2 is 1.92 bits per heavy atom. The second-order valence-electron chi connectivity index (χ2n) is 5.83. The fourth-order valence-corrected chi connectivity index (χ4v) is 2.73. The lowest BCUT2D eigenvalue weighted by molar-refractivity contribution is -0.117. The van der Waals surface area contributed by atoms with E-state index in [1.54, 1.807) is 17.0 Å². The first kappa shape index (κ1) is 19.8. The van der Waals surface area contributed by atoms with Crippen molar-refractivity contribution >= 4 is 34.8 Å². The number of hydrogen-bond donors (Lipinski definition) is 1. The number of halogens is 1. The van der Waals surface area contributed by atoms with Gasteiger partial charge < -0.3 is 15.0 Å². The zero-order chi connectivity index (χ0) is 19.1. The summed E-state index contributed by atoms with van der Waals surface area (Å²) in [5, 5.41) is 3.40. The molecule has 1 N–H and O–H groups in total. The van der Waals surface area contributed by atoms with Crippen molar-refractivity contribution in [3.63, 3.8) is 0 Å². The van der Waals surface area contributed by atoms with Crippen LogP contribution < -0.4 is 15.0 Å². The number of nitrogens with zero attached hydrogens (tertiary/aromatic N) is 1. The van der Waals surface area contributed by atoms with Crippen molar-refractivity contribution in [2.45, 2.75) is 27.2 Å². The first-order chi connectivity index (χ1) is 12.4. The summed E-state index contributed by atoms with van der Waals surface area (Å²) in [6.45, 7) is 6.01. The van der Waals surface area contributed by atoms with Gasteiger partial charge in [0, 0.05) is 30.6 Å². The number of benzene rings is 2. The van der Waals surface area contributed by atoms with Gasteiger partial charge in [-0.2, -0.15) is 0 Å². The number of ether oxygens (including phenoxy) is 1. The number of carbonyl (C=O) groups is 2. The predicted molar refractivity (Wildman–Crippen MR) is 105 cm³/mol. The highest BCUT2D eigenvalue weighted by atomic mass is 35.5. The lowest BCUT2D eigenvalue weighted by Gasteiger charge is -2.23. The van der Waals surface area contributed by atoms with Crippen molar-refractivity contribution in [3.05, 3.63) is 53.1 Å². The quantitative estimate of drug-likeness (QED) is 0.779. The van der Waals surface area contributed by atoms with Gasteiger partial charge in [-0.15, -0.1) is 0 Å². The second kappa shape index (κ2) is 9.25. The molecule has 0 fully saturated rings. The molecule has 0 aliphatic heterocycles. The first-order valence-electron chi connectivity index (χ1n) is 8.48. The smallest absolute Gasteiger partial charge is 0.226 e. The molecule has 138 valence electrons. The van der Waals surface area contributed by atoms with E-state index in [2.05, 4.69) is 5.32 Å². The minimum Gasteiger partial charge on any atom is -0.492 e. The molecule has 0 aromatic heterocycles. The molecule has 2 amide bonds. The molecule has 26 heavy (non-hydrogen) atoms. The molecule has 0 unspecified atom stereocenters. The van der Waals surface area contributed by atoms with Gasteiger partial charge in [-0.1, -0.05) is 29.8 Å². The highest BCUT2D eigenvalue weighted by molar-refractivity contribution is 6.31. The number of carbonyl (C=O) groups excluding carboxylic acids is 2. The third-order valence-electron chi connectivity index (χ3n) is 3.87. The van der Waals surface area contributed by atoms with Gasteiger partial charge >= 0.3 is 0 Å². The lowest BCUT2D eigenvalue weighted by Crippen LogP contribution is -2.32. The van der Waals surface area contributed by atoms with Crippen LogP contribution in [0.1, 0.15) is 25.8 Å². The standard InChI is InChI=1S/C20H23ClN2O3/c1-4-26-19-8-6-5-7-18(19)23(15(3)24)12-11-20(25)22-17-13-16(21)10-9-14(17)2/h5-10,13H,4,11-12H2,1-3H3,(H,22,25). The monoisotopic (exact) mass is 374 g/mol. The van der Waals surface area contributed by atoms with Gasteiger partial charge in [-0.25, -0.2) is 0 Å². The predicted octanol–water partition coefficient (Wildman–Crippen LogP) is 4.43. The second-order valence-corrected chi connectivity index (χ2v) is 6.27. The molecule has 2 aromatic carbocycles. The highest BCUT2D eigenvalue weighted by Gasteiger charge is 2.17. The minimum atomic E-state index is -0.185. The van der Waals surface area contributed by atoms with E-state index >= 15 is 0 Å². The maximum atomic E-state index is 12.3. The summed E-state index contributed by atoms with van der Waals surface area (Å²) < 4.78 is 5.59. The largest absolute Gasteiger partial charge is 0.492 e. The number of hydrogen-bond acceptors (Lipinski definition) is 3. The van der Waals surface area contributed by atoms with Crippen molar-refractivity contribution in [3.8, 4) is 5.75 Å². The number of rotatable bonds is 7. The van der Waals surface area contributed by atoms with E-state index in [-0.39, 0.29) is 24.8 Å². The van der Waals surface area contributed by atoms with Gasteiger partial charge in [0.05, 0.1) is 12.3 Å². The van der Waals surface area contributed by atoms with E-state index in [1.165, 1.54) is 6.92 Å². The maximum absolute atomic E-state index is 12.3. The average Bonchev–Trinajstić information content (AvgIpc) is 2.59. The summed E-state index contributed by atoms with van der Waals surface area (Å²) in [6, 6.07) is 12.6. The van der Waals surface area contributed by atoms with Gasteiger partial charge in [-0.05, 0) is 43.7 Å². The number of para-hydroxylation sites is 2. The summed E-state index contributed by atoms with van der Waals surface area (Å²) in [5.74, 6) is 0.288. The molecule has 0 atom stereocenters. The molecule has 0 spiro atoms. The molecule has 2 aromatic rings. The third kappa shape index (κ3) is 5.23. The normalized spacial score (nSPS) is 10.3. The summed E-state index contributed by atoms with van der Waals surface area (Å²) in [7, 11) is 0. The van der Waals surface area contributed by atoms with Crippen molar-refractivity contribution in [2.24, 2.45) is 0 Å². The highest BCUT2D eigenvalue weighted by Crippen LogP contribution is 2.28.